The summed E-state index contributed by atoms with van der Waals surface area (Å²) in [7, 11) is 5.10. The minimum absolute atomic E-state index is 0.191. The maximum Gasteiger partial charge on any atom is 0.419 e. The Morgan fingerprint density at radius 3 is 2.66 bits per heavy atom. The first-order valence-electron chi connectivity index (χ1n) is 11.7. The van der Waals surface area contributed by atoms with Gasteiger partial charge in [0.05, 0.1) is 11.4 Å². The second-order valence-corrected chi connectivity index (χ2v) is 9.42. The zero-order chi connectivity index (χ0) is 27.8. The molecule has 38 heavy (non-hydrogen) atoms. The number of halogens is 4. The van der Waals surface area contributed by atoms with E-state index in [0.29, 0.717) is 23.6 Å². The largest absolute Gasteiger partial charge is 0.419 e. The van der Waals surface area contributed by atoms with Crippen molar-refractivity contribution >= 4 is 16.9 Å². The Morgan fingerprint density at radius 2 is 2.03 bits per heavy atom. The second kappa shape index (κ2) is 10.1. The monoisotopic (exact) mass is 533 g/mol. The van der Waals surface area contributed by atoms with Gasteiger partial charge in [0.2, 0.25) is 5.95 Å². The number of hydrogen-bond acceptors (Lipinski definition) is 7. The van der Waals surface area contributed by atoms with Crippen molar-refractivity contribution in [2.24, 2.45) is 0 Å². The van der Waals surface area contributed by atoms with E-state index in [1.165, 1.54) is 13.2 Å². The molecular weight excluding hydrogens is 506 g/mol. The van der Waals surface area contributed by atoms with Crippen molar-refractivity contribution < 1.29 is 22.5 Å². The summed E-state index contributed by atoms with van der Waals surface area (Å²) in [6.07, 6.45) is -0.262. The van der Waals surface area contributed by atoms with Crippen LogP contribution >= 0.6 is 0 Å². The van der Waals surface area contributed by atoms with E-state index in [9.17, 15) is 23.3 Å². The van der Waals surface area contributed by atoms with Crippen LogP contribution in [0.25, 0.3) is 22.2 Å². The van der Waals surface area contributed by atoms with Crippen molar-refractivity contribution in [2.45, 2.75) is 31.1 Å². The molecule has 1 aromatic carbocycles. The van der Waals surface area contributed by atoms with Crippen LogP contribution in [0.4, 0.5) is 23.5 Å². The van der Waals surface area contributed by atoms with Crippen molar-refractivity contribution in [3.8, 4) is 11.3 Å². The number of alkyl halides is 3. The van der Waals surface area contributed by atoms with E-state index in [4.69, 9.17) is 0 Å². The molecule has 0 aliphatic heterocycles. The molecular formula is C25H27F4N7O2. The van der Waals surface area contributed by atoms with Crippen LogP contribution in [-0.4, -0.2) is 64.0 Å². The lowest BCUT2D eigenvalue weighted by atomic mass is 9.82. The van der Waals surface area contributed by atoms with Crippen LogP contribution in [-0.2, 0) is 6.18 Å². The van der Waals surface area contributed by atoms with E-state index in [2.05, 4.69) is 25.6 Å². The fraction of sp³-hybridized carbons (Fsp3) is 0.360. The first-order valence-corrected chi connectivity index (χ1v) is 11.7. The average molecular weight is 534 g/mol. The normalized spacial score (nSPS) is 20.0. The van der Waals surface area contributed by atoms with E-state index in [0.717, 1.165) is 17.7 Å². The van der Waals surface area contributed by atoms with Gasteiger partial charge in [-0.3, -0.25) is 10.1 Å². The fourth-order valence-corrected chi connectivity index (χ4v) is 4.58. The molecule has 2 aromatic heterocycles. The van der Waals surface area contributed by atoms with Crippen LogP contribution in [0.15, 0.2) is 54.3 Å². The summed E-state index contributed by atoms with van der Waals surface area (Å²) in [5.74, 6) is -1.15. The van der Waals surface area contributed by atoms with Crippen LogP contribution in [0.5, 0.6) is 0 Å². The summed E-state index contributed by atoms with van der Waals surface area (Å²) in [6.45, 7) is 2.27. The zero-order valence-electron chi connectivity index (χ0n) is 21.2. The van der Waals surface area contributed by atoms with E-state index < -0.39 is 39.8 Å². The van der Waals surface area contributed by atoms with Gasteiger partial charge in [-0.15, -0.1) is 0 Å². The van der Waals surface area contributed by atoms with Crippen LogP contribution in [0.2, 0.25) is 0 Å². The molecule has 0 radical (unpaired) electrons. The predicted molar refractivity (Wildman–Crippen MR) is 136 cm³/mol. The van der Waals surface area contributed by atoms with Gasteiger partial charge < -0.3 is 20.5 Å². The quantitative estimate of drug-likeness (QED) is 0.219. The molecule has 9 nitrogen and oxygen atoms in total. The molecule has 13 heteroatoms. The van der Waals surface area contributed by atoms with E-state index in [1.54, 1.807) is 26.2 Å². The van der Waals surface area contributed by atoms with Crippen LogP contribution < -0.4 is 10.6 Å². The number of nitrogens with zero attached hydrogens (tertiary/aromatic N) is 4. The SMILES string of the molecule is CNC1(CCN(C)C)C=C(F)C(Nc2ncc(C(F)(F)F)c(-c3c[nH]c4c(C)cccc34)n2)=CC1[N+](=O)[O-]. The second-order valence-electron chi connectivity index (χ2n) is 9.42. The van der Waals surface area contributed by atoms with Crippen molar-refractivity contribution in [1.29, 1.82) is 0 Å². The highest BCUT2D eigenvalue weighted by atomic mass is 19.4. The molecule has 4 rings (SSSR count). The number of hydrogen-bond donors (Lipinski definition) is 3. The number of aromatic amines is 1. The Morgan fingerprint density at radius 1 is 1.29 bits per heavy atom. The molecule has 0 saturated carbocycles. The number of anilines is 1. The molecule has 0 bridgehead atoms. The summed E-state index contributed by atoms with van der Waals surface area (Å²) in [5.41, 5.74) is -1.41. The summed E-state index contributed by atoms with van der Waals surface area (Å²) in [5, 5.41) is 17.9. The van der Waals surface area contributed by atoms with Gasteiger partial charge in [-0.25, -0.2) is 14.4 Å². The lowest BCUT2D eigenvalue weighted by molar-refractivity contribution is -0.519. The molecule has 0 spiro atoms. The summed E-state index contributed by atoms with van der Waals surface area (Å²) in [6, 6.07) is 3.85. The molecule has 2 atom stereocenters. The van der Waals surface area contributed by atoms with E-state index in [1.807, 2.05) is 17.9 Å². The molecule has 3 N–H and O–H groups in total. The number of aryl methyl sites for hydroxylation is 1. The van der Waals surface area contributed by atoms with Gasteiger partial charge in [0.25, 0.3) is 6.04 Å². The fourth-order valence-electron chi connectivity index (χ4n) is 4.58. The smallest absolute Gasteiger partial charge is 0.360 e. The minimum Gasteiger partial charge on any atom is -0.360 e. The number of benzene rings is 1. The average Bonchev–Trinajstić information content (AvgIpc) is 3.28. The van der Waals surface area contributed by atoms with Gasteiger partial charge in [0, 0.05) is 39.9 Å². The molecule has 0 amide bonds. The van der Waals surface area contributed by atoms with Crippen molar-refractivity contribution in [1.82, 2.24) is 25.2 Å². The molecule has 2 heterocycles. The molecule has 1 aliphatic carbocycles. The summed E-state index contributed by atoms with van der Waals surface area (Å²) < 4.78 is 57.0. The van der Waals surface area contributed by atoms with Gasteiger partial charge in [0.1, 0.15) is 16.9 Å². The lowest BCUT2D eigenvalue weighted by Crippen LogP contribution is -2.56. The molecule has 3 aromatic rings. The maximum absolute atomic E-state index is 15.3. The number of nitro groups is 1. The third kappa shape index (κ3) is 5.11. The van der Waals surface area contributed by atoms with Crippen molar-refractivity contribution in [3.63, 3.8) is 0 Å². The highest BCUT2D eigenvalue weighted by Gasteiger charge is 2.46. The molecule has 2 unspecified atom stereocenters. The first-order chi connectivity index (χ1) is 17.9. The van der Waals surface area contributed by atoms with Crippen LogP contribution in [0.1, 0.15) is 17.5 Å². The van der Waals surface area contributed by atoms with Gasteiger partial charge in [-0.1, -0.05) is 18.2 Å². The number of likely N-dealkylation sites (N-methyl/N-ethyl adjacent to an activating group) is 1. The van der Waals surface area contributed by atoms with Crippen LogP contribution in [0.3, 0.4) is 0 Å². The Hall–Kier alpha value is -3.84. The number of nitrogens with one attached hydrogen (secondary N) is 3. The highest BCUT2D eigenvalue weighted by molar-refractivity contribution is 5.97. The zero-order valence-corrected chi connectivity index (χ0v) is 21.2. The highest BCUT2D eigenvalue weighted by Crippen LogP contribution is 2.39. The number of aromatic nitrogens is 3. The van der Waals surface area contributed by atoms with Crippen LogP contribution in [0, 0.1) is 17.0 Å². The number of para-hydroxylation sites is 1. The van der Waals surface area contributed by atoms with Gasteiger partial charge >= 0.3 is 6.18 Å². The topological polar surface area (TPSA) is 112 Å². The Kier molecular flexibility index (Phi) is 7.26. The van der Waals surface area contributed by atoms with E-state index >= 15 is 4.39 Å². The molecule has 1 aliphatic rings. The molecule has 0 fully saturated rings. The van der Waals surface area contributed by atoms with Crippen molar-refractivity contribution in [2.75, 3.05) is 33.0 Å². The standard InChI is InChI=1S/C25H27F4N7O2/c1-14-6-5-7-15-16(12-31-21(14)15)22-17(25(27,28)29)13-32-23(34-22)33-19-10-20(36(37)38)24(30-2,11-18(19)26)8-9-35(3)4/h5-7,10-13,20,30-31H,8-9H2,1-4H3,(H,32,33,34). The summed E-state index contributed by atoms with van der Waals surface area (Å²) in [4.78, 5) is 24.1. The van der Waals surface area contributed by atoms with Gasteiger partial charge in [0.15, 0.2) is 0 Å². The van der Waals surface area contributed by atoms with Gasteiger partial charge in [-0.05, 0) is 52.7 Å². The maximum atomic E-state index is 15.3. The Labute approximate surface area is 215 Å². The number of rotatable bonds is 8. The Bertz CT molecular complexity index is 1430. The van der Waals surface area contributed by atoms with E-state index in [-0.39, 0.29) is 23.6 Å². The lowest BCUT2D eigenvalue weighted by Gasteiger charge is -2.35. The first kappa shape index (κ1) is 27.2. The molecule has 0 saturated heterocycles. The molecule has 202 valence electrons. The van der Waals surface area contributed by atoms with Gasteiger partial charge in [-0.2, -0.15) is 13.2 Å². The summed E-state index contributed by atoms with van der Waals surface area (Å²) >= 11 is 0. The minimum atomic E-state index is -4.76. The number of H-pyrrole nitrogens is 1. The predicted octanol–water partition coefficient (Wildman–Crippen LogP) is 4.67. The number of fused-ring (bicyclic) bond motifs is 1. The third-order valence-corrected chi connectivity index (χ3v) is 6.68. The number of allylic oxidation sites excluding steroid dienone is 1. The Balaban J connectivity index is 1.76. The van der Waals surface area contributed by atoms with Crippen molar-refractivity contribution in [3.05, 3.63) is 75.5 Å². The third-order valence-electron chi connectivity index (χ3n) is 6.68.